The quantitative estimate of drug-likeness (QED) is 0.121. The Balaban J connectivity index is 4.69. The Morgan fingerprint density at radius 2 is 1.16 bits per heavy atom. The van der Waals surface area contributed by atoms with E-state index in [1.165, 1.54) is 0 Å². The normalized spacial score (nSPS) is 13.6. The van der Waals surface area contributed by atoms with Crippen LogP contribution in [0, 0.1) is 0 Å². The van der Waals surface area contributed by atoms with E-state index in [0.717, 1.165) is 38.5 Å². The monoisotopic (exact) mass is 461 g/mol. The number of carbonyl (C=O) groups excluding carboxylic acids is 3. The van der Waals surface area contributed by atoms with E-state index in [-0.39, 0.29) is 19.1 Å². The Bertz CT molecular complexity index is 525. The van der Waals surface area contributed by atoms with Gasteiger partial charge in [0, 0.05) is 0 Å². The summed E-state index contributed by atoms with van der Waals surface area (Å²) in [5, 5.41) is 5.51. The van der Waals surface area contributed by atoms with Crippen molar-refractivity contribution in [2.24, 2.45) is 28.7 Å². The predicted molar refractivity (Wildman–Crippen MR) is 122 cm³/mol. The molecule has 0 aromatic carbocycles. The minimum Gasteiger partial charge on any atom is -0.448 e. The first kappa shape index (κ1) is 29.9. The molecule has 0 fully saturated rings. The summed E-state index contributed by atoms with van der Waals surface area (Å²) >= 11 is 0. The van der Waals surface area contributed by atoms with Crippen LogP contribution in [0.5, 0.6) is 0 Å². The van der Waals surface area contributed by atoms with E-state index in [0.29, 0.717) is 38.9 Å². The average molecular weight is 462 g/mol. The fraction of sp³-hybridized carbons (Fsp3) is 0.850. The van der Waals surface area contributed by atoms with Gasteiger partial charge in [-0.1, -0.05) is 19.3 Å². The molecule has 0 saturated heterocycles. The van der Waals surface area contributed by atoms with Crippen LogP contribution in [0.15, 0.2) is 0 Å². The molecule has 0 aromatic heterocycles. The molecular formula is C20H43N7O5. The van der Waals surface area contributed by atoms with E-state index >= 15 is 0 Å². The van der Waals surface area contributed by atoms with Crippen LogP contribution >= 0.6 is 0 Å². The molecule has 12 heteroatoms. The third-order valence-electron chi connectivity index (χ3n) is 4.83. The number of hydrogen-bond donors (Lipinski definition) is 7. The van der Waals surface area contributed by atoms with Crippen LogP contribution in [0.3, 0.4) is 0 Å². The first-order valence-corrected chi connectivity index (χ1v) is 11.4. The predicted octanol–water partition coefficient (Wildman–Crippen LogP) is -0.624. The Hall–Kier alpha value is -2.15. The van der Waals surface area contributed by atoms with E-state index < -0.39 is 30.3 Å². The maximum atomic E-state index is 12.4. The second-order valence-electron chi connectivity index (χ2n) is 7.74. The largest absolute Gasteiger partial charge is 0.448 e. The molecular weight excluding hydrogens is 418 g/mol. The lowest BCUT2D eigenvalue weighted by atomic mass is 10.1. The minimum absolute atomic E-state index is 0.0239. The zero-order chi connectivity index (χ0) is 24.2. The number of ether oxygens (including phenoxy) is 2. The second kappa shape index (κ2) is 19.5. The second-order valence-corrected chi connectivity index (χ2v) is 7.74. The summed E-state index contributed by atoms with van der Waals surface area (Å²) in [7, 11) is 0. The van der Waals surface area contributed by atoms with Crippen molar-refractivity contribution in [2.45, 2.75) is 75.9 Å². The van der Waals surface area contributed by atoms with Crippen LogP contribution in [-0.2, 0) is 14.3 Å². The third kappa shape index (κ3) is 16.5. The highest BCUT2D eigenvalue weighted by atomic mass is 16.6. The lowest BCUT2D eigenvalue weighted by Gasteiger charge is -2.22. The fourth-order valence-electron chi connectivity index (χ4n) is 2.98. The topological polar surface area (TPSA) is 224 Å². The van der Waals surface area contributed by atoms with E-state index in [4.69, 9.17) is 38.1 Å². The molecule has 2 unspecified atom stereocenters. The molecule has 0 heterocycles. The maximum Gasteiger partial charge on any atom is 0.407 e. The number of alkyl carbamates (subject to hydrolysis) is 1. The Labute approximate surface area is 190 Å². The van der Waals surface area contributed by atoms with E-state index in [1.54, 1.807) is 0 Å². The van der Waals surface area contributed by atoms with Crippen LogP contribution in [0.2, 0.25) is 0 Å². The van der Waals surface area contributed by atoms with Crippen molar-refractivity contribution >= 4 is 18.1 Å². The number of nitrogens with two attached hydrogens (primary N) is 5. The molecule has 12 nitrogen and oxygen atoms in total. The maximum absolute atomic E-state index is 12.4. The highest BCUT2D eigenvalue weighted by Crippen LogP contribution is 2.06. The number of hydrogen-bond acceptors (Lipinski definition) is 9. The Morgan fingerprint density at radius 1 is 0.688 bits per heavy atom. The van der Waals surface area contributed by atoms with Crippen molar-refractivity contribution in [3.63, 3.8) is 0 Å². The van der Waals surface area contributed by atoms with Gasteiger partial charge in [-0.2, -0.15) is 0 Å². The number of nitrogens with one attached hydrogen (secondary N) is 2. The molecule has 0 bridgehead atoms. The lowest BCUT2D eigenvalue weighted by molar-refractivity contribution is -0.123. The lowest BCUT2D eigenvalue weighted by Crippen LogP contribution is -2.48. The van der Waals surface area contributed by atoms with Gasteiger partial charge >= 0.3 is 12.2 Å². The highest BCUT2D eigenvalue weighted by Gasteiger charge is 2.20. The van der Waals surface area contributed by atoms with Crippen molar-refractivity contribution in [3.8, 4) is 0 Å². The van der Waals surface area contributed by atoms with E-state index in [9.17, 15) is 14.4 Å². The van der Waals surface area contributed by atoms with Crippen LogP contribution in [0.4, 0.5) is 9.59 Å². The SMILES string of the molecule is NCCCCC(COC(N)=O)NC(=O)OC[C@H](CCCCN)NC(=O)C(N)CCCCN. The van der Waals surface area contributed by atoms with E-state index in [1.807, 2.05) is 0 Å². The summed E-state index contributed by atoms with van der Waals surface area (Å²) in [6, 6.07) is -1.49. The first-order valence-electron chi connectivity index (χ1n) is 11.4. The number of unbranched alkanes of at least 4 members (excludes halogenated alkanes) is 3. The molecule has 0 saturated carbocycles. The van der Waals surface area contributed by atoms with Crippen LogP contribution in [0.25, 0.3) is 0 Å². The molecule has 0 aliphatic carbocycles. The minimum atomic E-state index is -0.922. The standard InChI is InChI=1S/C20H43N7O5/c21-10-4-1-7-15(26-18(28)17(24)9-3-6-12-23)14-32-20(30)27-16(8-2-5-11-22)13-31-19(25)29/h15-17H,1-14,21-24H2,(H2,25,29)(H,26,28)(H,27,30)/t15-,16?,17?/m0/s1. The van der Waals surface area contributed by atoms with Crippen molar-refractivity contribution in [3.05, 3.63) is 0 Å². The molecule has 0 radical (unpaired) electrons. The summed E-state index contributed by atoms with van der Waals surface area (Å²) in [6.45, 7) is 1.52. The highest BCUT2D eigenvalue weighted by molar-refractivity contribution is 5.81. The van der Waals surface area contributed by atoms with Gasteiger partial charge in [-0.25, -0.2) is 9.59 Å². The van der Waals surface area contributed by atoms with Gasteiger partial charge in [-0.3, -0.25) is 4.79 Å². The van der Waals surface area contributed by atoms with Crippen molar-refractivity contribution in [2.75, 3.05) is 32.8 Å². The summed E-state index contributed by atoms with van der Waals surface area (Å²) in [5.74, 6) is -0.293. The van der Waals surface area contributed by atoms with Gasteiger partial charge in [-0.05, 0) is 58.2 Å². The van der Waals surface area contributed by atoms with Gasteiger partial charge in [0.05, 0.1) is 18.1 Å². The van der Waals surface area contributed by atoms with Crippen molar-refractivity contribution in [1.82, 2.24) is 10.6 Å². The summed E-state index contributed by atoms with van der Waals surface area (Å²) < 4.78 is 10.1. The summed E-state index contributed by atoms with van der Waals surface area (Å²) in [6.07, 6.45) is 4.70. The zero-order valence-corrected chi connectivity index (χ0v) is 19.1. The Morgan fingerprint density at radius 3 is 1.66 bits per heavy atom. The molecule has 188 valence electrons. The molecule has 0 spiro atoms. The molecule has 0 aliphatic heterocycles. The summed E-state index contributed by atoms with van der Waals surface area (Å²) in [5.41, 5.74) is 27.4. The number of amides is 3. The van der Waals surface area contributed by atoms with Crippen molar-refractivity contribution < 1.29 is 23.9 Å². The molecule has 32 heavy (non-hydrogen) atoms. The van der Waals surface area contributed by atoms with Crippen molar-refractivity contribution in [1.29, 1.82) is 0 Å². The molecule has 0 aliphatic rings. The number of carbonyl (C=O) groups is 3. The van der Waals surface area contributed by atoms with Gasteiger partial charge in [0.15, 0.2) is 0 Å². The van der Waals surface area contributed by atoms with E-state index in [2.05, 4.69) is 10.6 Å². The first-order chi connectivity index (χ1) is 15.3. The molecule has 12 N–H and O–H groups in total. The fourth-order valence-corrected chi connectivity index (χ4v) is 2.98. The van der Waals surface area contributed by atoms with Gasteiger partial charge in [0.25, 0.3) is 0 Å². The molecule has 3 atom stereocenters. The van der Waals surface area contributed by atoms with Gasteiger partial charge < -0.3 is 48.8 Å². The van der Waals surface area contributed by atoms with Crippen LogP contribution in [-0.4, -0.2) is 69.1 Å². The smallest absolute Gasteiger partial charge is 0.407 e. The molecule has 0 rings (SSSR count). The zero-order valence-electron chi connectivity index (χ0n) is 19.1. The summed E-state index contributed by atoms with van der Waals surface area (Å²) in [4.78, 5) is 35.5. The van der Waals surface area contributed by atoms with Gasteiger partial charge in [-0.15, -0.1) is 0 Å². The number of primary amides is 1. The van der Waals surface area contributed by atoms with Crippen LogP contribution < -0.4 is 39.3 Å². The third-order valence-corrected chi connectivity index (χ3v) is 4.83. The molecule has 3 amide bonds. The van der Waals surface area contributed by atoms with Gasteiger partial charge in [0.2, 0.25) is 5.91 Å². The number of rotatable bonds is 19. The average Bonchev–Trinajstić information content (AvgIpc) is 2.75. The molecule has 0 aromatic rings. The Kier molecular flexibility index (Phi) is 18.2. The van der Waals surface area contributed by atoms with Crippen LogP contribution in [0.1, 0.15) is 57.8 Å². The van der Waals surface area contributed by atoms with Gasteiger partial charge in [0.1, 0.15) is 13.2 Å².